The second kappa shape index (κ2) is 8.46. The summed E-state index contributed by atoms with van der Waals surface area (Å²) < 4.78 is 5.50. The molecule has 1 fully saturated rings. The van der Waals surface area contributed by atoms with Crippen LogP contribution in [0.15, 0.2) is 0 Å². The summed E-state index contributed by atoms with van der Waals surface area (Å²) in [5, 5.41) is 0. The van der Waals surface area contributed by atoms with Crippen molar-refractivity contribution < 1.29 is 19.1 Å². The number of hydrogen-bond donors (Lipinski definition) is 0. The van der Waals surface area contributed by atoms with Crippen LogP contribution in [0.1, 0.15) is 73.1 Å². The Morgan fingerprint density at radius 3 is 2.09 bits per heavy atom. The molecule has 0 bridgehead atoms. The van der Waals surface area contributed by atoms with Crippen LogP contribution >= 0.6 is 0 Å². The molecule has 23 heavy (non-hydrogen) atoms. The van der Waals surface area contributed by atoms with Crippen LogP contribution in [0.5, 0.6) is 0 Å². The fraction of sp³-hybridized carbons (Fsp3) is 0.833. The first kappa shape index (κ1) is 19.7. The molecule has 0 aliphatic carbocycles. The van der Waals surface area contributed by atoms with Gasteiger partial charge < -0.3 is 9.64 Å². The SMILES string of the molecule is CCC(=O)C(C(=O)CC)C1CCCCCN1C(=O)OC(C)(C)C. The van der Waals surface area contributed by atoms with Crippen molar-refractivity contribution in [2.45, 2.75) is 84.8 Å². The molecule has 132 valence electrons. The molecule has 1 aliphatic heterocycles. The van der Waals surface area contributed by atoms with Gasteiger partial charge in [0.05, 0.1) is 12.0 Å². The molecular formula is C18H31NO4. The number of rotatable bonds is 5. The second-order valence-electron chi connectivity index (χ2n) is 7.21. The molecule has 1 heterocycles. The molecule has 0 N–H and O–H groups in total. The van der Waals surface area contributed by atoms with E-state index >= 15 is 0 Å². The van der Waals surface area contributed by atoms with Crippen LogP contribution in [0, 0.1) is 5.92 Å². The molecule has 0 spiro atoms. The number of Topliss-reactive ketones (excluding diaryl/α,β-unsaturated/α-hetero) is 2. The lowest BCUT2D eigenvalue weighted by Crippen LogP contribution is -2.50. The fourth-order valence-electron chi connectivity index (χ4n) is 3.08. The van der Waals surface area contributed by atoms with Crippen molar-refractivity contribution in [2.75, 3.05) is 6.54 Å². The van der Waals surface area contributed by atoms with E-state index in [4.69, 9.17) is 4.74 Å². The number of ether oxygens (including phenoxy) is 1. The average Bonchev–Trinajstić information content (AvgIpc) is 2.71. The third-order valence-electron chi connectivity index (χ3n) is 4.20. The Hall–Kier alpha value is -1.39. The molecule has 1 amide bonds. The smallest absolute Gasteiger partial charge is 0.410 e. The number of hydrogen-bond acceptors (Lipinski definition) is 4. The molecule has 0 aromatic rings. The number of carbonyl (C=O) groups is 3. The summed E-state index contributed by atoms with van der Waals surface area (Å²) in [4.78, 5) is 39.0. The highest BCUT2D eigenvalue weighted by molar-refractivity contribution is 6.03. The van der Waals surface area contributed by atoms with E-state index in [-0.39, 0.29) is 17.6 Å². The highest BCUT2D eigenvalue weighted by Crippen LogP contribution is 2.27. The zero-order valence-electron chi connectivity index (χ0n) is 15.2. The topological polar surface area (TPSA) is 63.7 Å². The van der Waals surface area contributed by atoms with Crippen molar-refractivity contribution in [1.29, 1.82) is 0 Å². The number of likely N-dealkylation sites (tertiary alicyclic amines) is 1. The van der Waals surface area contributed by atoms with Gasteiger partial charge in [-0.05, 0) is 33.6 Å². The van der Waals surface area contributed by atoms with E-state index in [9.17, 15) is 14.4 Å². The summed E-state index contributed by atoms with van der Waals surface area (Å²) in [6, 6.07) is -0.368. The Labute approximate surface area is 139 Å². The Bertz CT molecular complexity index is 423. The van der Waals surface area contributed by atoms with Crippen molar-refractivity contribution in [3.8, 4) is 0 Å². The van der Waals surface area contributed by atoms with Crippen molar-refractivity contribution in [2.24, 2.45) is 5.92 Å². The maximum atomic E-state index is 12.6. The minimum absolute atomic E-state index is 0.0719. The van der Waals surface area contributed by atoms with Crippen molar-refractivity contribution >= 4 is 17.7 Å². The molecular weight excluding hydrogens is 294 g/mol. The van der Waals surface area contributed by atoms with E-state index in [2.05, 4.69) is 0 Å². The summed E-state index contributed by atoms with van der Waals surface area (Å²) in [6.07, 6.45) is 3.70. The number of carbonyl (C=O) groups excluding carboxylic acids is 3. The van der Waals surface area contributed by atoms with Gasteiger partial charge in [-0.2, -0.15) is 0 Å². The zero-order valence-corrected chi connectivity index (χ0v) is 15.2. The standard InChI is InChI=1S/C18H31NO4/c1-6-14(20)16(15(21)7-2)13-11-9-8-10-12-19(13)17(22)23-18(3,4)5/h13,16H,6-12H2,1-5H3. The van der Waals surface area contributed by atoms with Gasteiger partial charge in [-0.3, -0.25) is 9.59 Å². The van der Waals surface area contributed by atoms with E-state index in [1.807, 2.05) is 20.8 Å². The summed E-state index contributed by atoms with van der Waals surface area (Å²) in [6.45, 7) is 9.56. The lowest BCUT2D eigenvalue weighted by Gasteiger charge is -2.35. The van der Waals surface area contributed by atoms with Crippen LogP contribution in [0.25, 0.3) is 0 Å². The van der Waals surface area contributed by atoms with Crippen LogP contribution in [0.3, 0.4) is 0 Å². The normalized spacial score (nSPS) is 19.4. The van der Waals surface area contributed by atoms with Crippen molar-refractivity contribution in [1.82, 2.24) is 4.90 Å². The zero-order chi connectivity index (χ0) is 17.6. The summed E-state index contributed by atoms with van der Waals surface area (Å²) in [5.41, 5.74) is -0.590. The highest BCUT2D eigenvalue weighted by atomic mass is 16.6. The van der Waals surface area contributed by atoms with Gasteiger partial charge in [0.1, 0.15) is 17.2 Å². The molecule has 1 saturated heterocycles. The summed E-state index contributed by atoms with van der Waals surface area (Å²) in [5.74, 6) is -0.856. The first-order chi connectivity index (χ1) is 10.7. The molecule has 0 radical (unpaired) electrons. The monoisotopic (exact) mass is 325 g/mol. The lowest BCUT2D eigenvalue weighted by molar-refractivity contribution is -0.135. The number of amides is 1. The second-order valence-corrected chi connectivity index (χ2v) is 7.21. The summed E-state index contributed by atoms with van der Waals surface area (Å²) in [7, 11) is 0. The predicted molar refractivity (Wildman–Crippen MR) is 89.3 cm³/mol. The van der Waals surface area contributed by atoms with Gasteiger partial charge in [0.15, 0.2) is 0 Å². The van der Waals surface area contributed by atoms with Gasteiger partial charge in [0.2, 0.25) is 0 Å². The van der Waals surface area contributed by atoms with Crippen molar-refractivity contribution in [3.63, 3.8) is 0 Å². The van der Waals surface area contributed by atoms with Gasteiger partial charge in [0.25, 0.3) is 0 Å². The molecule has 5 heteroatoms. The van der Waals surface area contributed by atoms with Crippen LogP contribution < -0.4 is 0 Å². The molecule has 0 aromatic carbocycles. The van der Waals surface area contributed by atoms with E-state index in [0.29, 0.717) is 25.8 Å². The Balaban J connectivity index is 3.10. The molecule has 1 unspecified atom stereocenters. The first-order valence-electron chi connectivity index (χ1n) is 8.76. The van der Waals surface area contributed by atoms with Crippen LogP contribution in [-0.4, -0.2) is 40.7 Å². The Morgan fingerprint density at radius 1 is 1.04 bits per heavy atom. The highest BCUT2D eigenvalue weighted by Gasteiger charge is 2.40. The molecule has 1 atom stereocenters. The van der Waals surface area contributed by atoms with Gasteiger partial charge in [-0.25, -0.2) is 4.79 Å². The Kier molecular flexibility index (Phi) is 7.23. The Morgan fingerprint density at radius 2 is 1.61 bits per heavy atom. The number of ketones is 2. The third-order valence-corrected chi connectivity index (χ3v) is 4.20. The molecule has 1 aliphatic rings. The fourth-order valence-corrected chi connectivity index (χ4v) is 3.08. The molecule has 0 aromatic heterocycles. The van der Waals surface area contributed by atoms with E-state index < -0.39 is 17.6 Å². The lowest BCUT2D eigenvalue weighted by atomic mass is 9.85. The molecule has 5 nitrogen and oxygen atoms in total. The minimum atomic E-state index is -0.712. The maximum absolute atomic E-state index is 12.6. The maximum Gasteiger partial charge on any atom is 0.410 e. The van der Waals surface area contributed by atoms with E-state index in [0.717, 1.165) is 19.3 Å². The molecule has 0 saturated carbocycles. The van der Waals surface area contributed by atoms with Gasteiger partial charge in [-0.1, -0.05) is 26.7 Å². The van der Waals surface area contributed by atoms with Gasteiger partial charge >= 0.3 is 6.09 Å². The van der Waals surface area contributed by atoms with Gasteiger partial charge in [0, 0.05) is 19.4 Å². The summed E-state index contributed by atoms with van der Waals surface area (Å²) >= 11 is 0. The largest absolute Gasteiger partial charge is 0.444 e. The van der Waals surface area contributed by atoms with Crippen LogP contribution in [0.2, 0.25) is 0 Å². The van der Waals surface area contributed by atoms with Gasteiger partial charge in [-0.15, -0.1) is 0 Å². The van der Waals surface area contributed by atoms with E-state index in [1.54, 1.807) is 18.7 Å². The first-order valence-corrected chi connectivity index (χ1v) is 8.76. The average molecular weight is 325 g/mol. The van der Waals surface area contributed by atoms with E-state index in [1.165, 1.54) is 0 Å². The quantitative estimate of drug-likeness (QED) is 0.722. The predicted octanol–water partition coefficient (Wildman–Crippen LogP) is 3.74. The minimum Gasteiger partial charge on any atom is -0.444 e. The van der Waals surface area contributed by atoms with Crippen LogP contribution in [0.4, 0.5) is 4.79 Å². The van der Waals surface area contributed by atoms with Crippen molar-refractivity contribution in [3.05, 3.63) is 0 Å². The molecule has 1 rings (SSSR count). The number of nitrogens with zero attached hydrogens (tertiary/aromatic N) is 1. The van der Waals surface area contributed by atoms with Crippen LogP contribution in [-0.2, 0) is 14.3 Å². The third kappa shape index (κ3) is 5.63.